The van der Waals surface area contributed by atoms with E-state index in [0.29, 0.717) is 4.47 Å². The van der Waals surface area contributed by atoms with E-state index in [4.69, 9.17) is 5.11 Å². The highest BCUT2D eigenvalue weighted by Crippen LogP contribution is 2.22. The van der Waals surface area contributed by atoms with Crippen LogP contribution in [0, 0.1) is 0 Å². The molecule has 0 heterocycles. The Morgan fingerprint density at radius 1 is 1.44 bits per heavy atom. The van der Waals surface area contributed by atoms with Gasteiger partial charge < -0.3 is 9.84 Å². The number of aliphatic hydroxyl groups is 1. The van der Waals surface area contributed by atoms with E-state index in [2.05, 4.69) is 20.7 Å². The van der Waals surface area contributed by atoms with Gasteiger partial charge >= 0.3 is 5.97 Å². The number of benzene rings is 1. The minimum Gasteiger partial charge on any atom is -0.465 e. The lowest BCUT2D eigenvalue weighted by molar-refractivity contribution is -0.139. The minimum absolute atomic E-state index is 0.0626. The molecule has 1 aromatic carbocycles. The maximum Gasteiger partial charge on any atom is 0.321 e. The second-order valence-corrected chi connectivity index (χ2v) is 6.35. The topological polar surface area (TPSA) is 80.7 Å². The number of hydrogen-bond donors (Lipinski definition) is 1. The van der Waals surface area contributed by atoms with Gasteiger partial charge in [0, 0.05) is 4.47 Å². The van der Waals surface area contributed by atoms with Crippen molar-refractivity contribution in [1.29, 1.82) is 0 Å². The molecule has 1 rings (SSSR count). The van der Waals surface area contributed by atoms with Crippen molar-refractivity contribution < 1.29 is 23.1 Å². The van der Waals surface area contributed by atoms with Gasteiger partial charge in [0.1, 0.15) is 0 Å². The number of carbonyl (C=O) groups excluding carboxylic acids is 1. The summed E-state index contributed by atoms with van der Waals surface area (Å²) in [6, 6.07) is 4.47. The highest BCUT2D eigenvalue weighted by molar-refractivity contribution is 9.10. The molecule has 0 atom stereocenters. The lowest BCUT2D eigenvalue weighted by Crippen LogP contribution is -2.19. The normalized spacial score (nSPS) is 11.3. The first-order valence-electron chi connectivity index (χ1n) is 5.18. The summed E-state index contributed by atoms with van der Waals surface area (Å²) in [4.78, 5) is 11.2. The summed E-state index contributed by atoms with van der Waals surface area (Å²) in [6.45, 7) is 1.31. The molecule has 0 saturated heterocycles. The standard InChI is InChI=1S/C11H13BrO5S/c1-2-17-11(14)7-18(15,16)10-5-9(12)4-3-8(10)6-13/h3-5,13H,2,6-7H2,1H3. The number of hydrogen-bond acceptors (Lipinski definition) is 5. The molecule has 18 heavy (non-hydrogen) atoms. The van der Waals surface area contributed by atoms with Crippen LogP contribution in [0.3, 0.4) is 0 Å². The Morgan fingerprint density at radius 3 is 2.67 bits per heavy atom. The van der Waals surface area contributed by atoms with Gasteiger partial charge in [0.05, 0.1) is 18.1 Å². The molecule has 100 valence electrons. The third kappa shape index (κ3) is 3.79. The van der Waals surface area contributed by atoms with E-state index in [1.165, 1.54) is 12.1 Å². The van der Waals surface area contributed by atoms with Crippen molar-refractivity contribution in [3.8, 4) is 0 Å². The molecule has 0 radical (unpaired) electrons. The summed E-state index contributed by atoms with van der Waals surface area (Å²) in [5, 5.41) is 9.11. The zero-order valence-corrected chi connectivity index (χ0v) is 12.1. The molecule has 5 nitrogen and oxygen atoms in total. The maximum atomic E-state index is 12.0. The Kier molecular flexibility index (Phi) is 5.30. The van der Waals surface area contributed by atoms with Crippen LogP contribution < -0.4 is 0 Å². The highest BCUT2D eigenvalue weighted by Gasteiger charge is 2.23. The summed E-state index contributed by atoms with van der Waals surface area (Å²) in [6.07, 6.45) is 0. The van der Waals surface area contributed by atoms with Crippen molar-refractivity contribution in [3.63, 3.8) is 0 Å². The van der Waals surface area contributed by atoms with Crippen molar-refractivity contribution in [2.45, 2.75) is 18.4 Å². The summed E-state index contributed by atoms with van der Waals surface area (Å²) < 4.78 is 29.2. The zero-order valence-electron chi connectivity index (χ0n) is 9.72. The molecule has 0 aliphatic carbocycles. The summed E-state index contributed by atoms with van der Waals surface area (Å²) in [7, 11) is -3.81. The Bertz CT molecular complexity index is 538. The van der Waals surface area contributed by atoms with Crippen LogP contribution in [0.25, 0.3) is 0 Å². The molecule has 0 amide bonds. The maximum absolute atomic E-state index is 12.0. The van der Waals surface area contributed by atoms with Crippen LogP contribution >= 0.6 is 15.9 Å². The molecule has 0 aromatic heterocycles. The Balaban J connectivity index is 3.11. The average Bonchev–Trinajstić information content (AvgIpc) is 2.28. The van der Waals surface area contributed by atoms with Crippen LogP contribution in [0.1, 0.15) is 12.5 Å². The van der Waals surface area contributed by atoms with Gasteiger partial charge in [-0.2, -0.15) is 0 Å². The van der Waals surface area contributed by atoms with Crippen molar-refractivity contribution in [3.05, 3.63) is 28.2 Å². The smallest absolute Gasteiger partial charge is 0.321 e. The first kappa shape index (κ1) is 15.1. The predicted molar refractivity (Wildman–Crippen MR) is 68.8 cm³/mol. The highest BCUT2D eigenvalue weighted by atomic mass is 79.9. The molecular formula is C11H13BrO5S. The van der Waals surface area contributed by atoms with Crippen molar-refractivity contribution in [2.75, 3.05) is 12.4 Å². The van der Waals surface area contributed by atoms with E-state index in [9.17, 15) is 13.2 Å². The second kappa shape index (κ2) is 6.31. The van der Waals surface area contributed by atoms with Crippen LogP contribution in [0.15, 0.2) is 27.6 Å². The Hall–Kier alpha value is -0.920. The van der Waals surface area contributed by atoms with Gasteiger partial charge in [-0.3, -0.25) is 4.79 Å². The van der Waals surface area contributed by atoms with Gasteiger partial charge in [-0.1, -0.05) is 22.0 Å². The predicted octanol–water partition coefficient (Wildman–Crippen LogP) is 1.28. The largest absolute Gasteiger partial charge is 0.465 e. The second-order valence-electron chi connectivity index (χ2n) is 3.47. The van der Waals surface area contributed by atoms with Gasteiger partial charge in [-0.15, -0.1) is 0 Å². The summed E-state index contributed by atoms with van der Waals surface area (Å²) in [5.74, 6) is -1.54. The number of rotatable bonds is 5. The van der Waals surface area contributed by atoms with Gasteiger partial charge in [0.25, 0.3) is 0 Å². The molecule has 1 aromatic rings. The quantitative estimate of drug-likeness (QED) is 0.819. The average molecular weight is 337 g/mol. The van der Waals surface area contributed by atoms with Crippen LogP contribution in [0.5, 0.6) is 0 Å². The lowest BCUT2D eigenvalue weighted by Gasteiger charge is -2.09. The first-order chi connectivity index (χ1) is 8.40. The number of ether oxygens (including phenoxy) is 1. The third-order valence-corrected chi connectivity index (χ3v) is 4.31. The first-order valence-corrected chi connectivity index (χ1v) is 7.63. The number of halogens is 1. The molecule has 0 bridgehead atoms. The Morgan fingerprint density at radius 2 is 2.11 bits per heavy atom. The lowest BCUT2D eigenvalue weighted by atomic mass is 10.2. The van der Waals surface area contributed by atoms with E-state index < -0.39 is 28.2 Å². The Labute approximate surface area is 114 Å². The van der Waals surface area contributed by atoms with E-state index >= 15 is 0 Å². The van der Waals surface area contributed by atoms with E-state index in [0.717, 1.165) is 0 Å². The molecule has 0 fully saturated rings. The molecule has 1 N–H and O–H groups in total. The van der Waals surface area contributed by atoms with Gasteiger partial charge in [0.2, 0.25) is 0 Å². The van der Waals surface area contributed by atoms with Crippen LogP contribution in [0.2, 0.25) is 0 Å². The van der Waals surface area contributed by atoms with Crippen molar-refractivity contribution in [1.82, 2.24) is 0 Å². The molecular weight excluding hydrogens is 324 g/mol. The fraction of sp³-hybridized carbons (Fsp3) is 0.364. The van der Waals surface area contributed by atoms with Crippen molar-refractivity contribution >= 4 is 31.7 Å². The SMILES string of the molecule is CCOC(=O)CS(=O)(=O)c1cc(Br)ccc1CO. The molecule has 0 saturated carbocycles. The number of sulfone groups is 1. The fourth-order valence-electron chi connectivity index (χ4n) is 1.38. The van der Waals surface area contributed by atoms with Crippen LogP contribution in [0.4, 0.5) is 0 Å². The molecule has 0 unspecified atom stereocenters. The number of aliphatic hydroxyl groups excluding tert-OH is 1. The van der Waals surface area contributed by atoms with Crippen LogP contribution in [-0.2, 0) is 26.0 Å². The van der Waals surface area contributed by atoms with Gasteiger partial charge in [-0.25, -0.2) is 8.42 Å². The van der Waals surface area contributed by atoms with E-state index in [1.807, 2.05) is 0 Å². The summed E-state index contributed by atoms with van der Waals surface area (Å²) >= 11 is 3.15. The summed E-state index contributed by atoms with van der Waals surface area (Å²) in [5.41, 5.74) is 0.252. The molecule has 0 aliphatic rings. The molecule has 7 heteroatoms. The van der Waals surface area contributed by atoms with Crippen molar-refractivity contribution in [2.24, 2.45) is 0 Å². The number of esters is 1. The van der Waals surface area contributed by atoms with Gasteiger partial charge in [0.15, 0.2) is 15.6 Å². The van der Waals surface area contributed by atoms with Gasteiger partial charge in [-0.05, 0) is 24.6 Å². The monoisotopic (exact) mass is 336 g/mol. The molecule has 0 aliphatic heterocycles. The fourth-order valence-corrected chi connectivity index (χ4v) is 3.28. The zero-order chi connectivity index (χ0) is 13.8. The van der Waals surface area contributed by atoms with E-state index in [-0.39, 0.29) is 17.1 Å². The molecule has 0 spiro atoms. The minimum atomic E-state index is -3.81. The van der Waals surface area contributed by atoms with Crippen LogP contribution in [-0.4, -0.2) is 31.9 Å². The number of carbonyl (C=O) groups is 1. The third-order valence-electron chi connectivity index (χ3n) is 2.15. The van der Waals surface area contributed by atoms with E-state index in [1.54, 1.807) is 13.0 Å².